The standard InChI is InChI=1S/C17H12Cl2N2/c1-11-15(12-7-3-2-4-8-12)20-17(21-16(11)19)13-9-5-6-10-14(13)18/h2-10H,1H3. The molecule has 0 amide bonds. The van der Waals surface area contributed by atoms with E-state index in [1.165, 1.54) is 0 Å². The molecule has 0 fully saturated rings. The zero-order chi connectivity index (χ0) is 14.8. The number of aromatic nitrogens is 2. The third-order valence-electron chi connectivity index (χ3n) is 3.25. The molecule has 0 unspecified atom stereocenters. The molecule has 2 aromatic carbocycles. The summed E-state index contributed by atoms with van der Waals surface area (Å²) in [5.41, 5.74) is 3.47. The highest BCUT2D eigenvalue weighted by Crippen LogP contribution is 2.31. The molecule has 2 nitrogen and oxygen atoms in total. The van der Waals surface area contributed by atoms with Crippen LogP contribution in [0.25, 0.3) is 22.6 Å². The number of halogens is 2. The Hall–Kier alpha value is -1.90. The summed E-state index contributed by atoms with van der Waals surface area (Å²) in [5.74, 6) is 0.537. The van der Waals surface area contributed by atoms with Crippen molar-refractivity contribution in [2.75, 3.05) is 0 Å². The molecule has 0 bridgehead atoms. The smallest absolute Gasteiger partial charge is 0.162 e. The number of rotatable bonds is 2. The van der Waals surface area contributed by atoms with Gasteiger partial charge in [-0.1, -0.05) is 65.7 Å². The minimum absolute atomic E-state index is 0.443. The number of hydrogen-bond donors (Lipinski definition) is 0. The van der Waals surface area contributed by atoms with Crippen molar-refractivity contribution in [1.82, 2.24) is 9.97 Å². The summed E-state index contributed by atoms with van der Waals surface area (Å²) in [7, 11) is 0. The van der Waals surface area contributed by atoms with Gasteiger partial charge < -0.3 is 0 Å². The largest absolute Gasteiger partial charge is 0.228 e. The van der Waals surface area contributed by atoms with E-state index in [-0.39, 0.29) is 0 Å². The highest BCUT2D eigenvalue weighted by molar-refractivity contribution is 6.33. The second-order valence-corrected chi connectivity index (χ2v) is 5.42. The summed E-state index contributed by atoms with van der Waals surface area (Å²) >= 11 is 12.5. The molecule has 0 aliphatic rings. The molecule has 0 atom stereocenters. The van der Waals surface area contributed by atoms with E-state index in [1.807, 2.05) is 61.5 Å². The fourth-order valence-corrected chi connectivity index (χ4v) is 2.52. The zero-order valence-electron chi connectivity index (χ0n) is 11.3. The molecule has 0 spiro atoms. The molecule has 3 aromatic rings. The summed E-state index contributed by atoms with van der Waals surface area (Å²) in [5, 5.41) is 1.05. The monoisotopic (exact) mass is 314 g/mol. The first-order chi connectivity index (χ1) is 10.2. The Bertz CT molecular complexity index is 786. The zero-order valence-corrected chi connectivity index (χ0v) is 12.9. The Morgan fingerprint density at radius 3 is 2.19 bits per heavy atom. The molecule has 0 saturated heterocycles. The van der Waals surface area contributed by atoms with Gasteiger partial charge in [-0.25, -0.2) is 9.97 Å². The highest BCUT2D eigenvalue weighted by atomic mass is 35.5. The maximum Gasteiger partial charge on any atom is 0.162 e. The molecule has 0 radical (unpaired) electrons. The molecule has 1 aromatic heterocycles. The van der Waals surface area contributed by atoms with E-state index < -0.39 is 0 Å². The molecular formula is C17H12Cl2N2. The Balaban J connectivity index is 2.22. The van der Waals surface area contributed by atoms with E-state index in [0.717, 1.165) is 22.4 Å². The van der Waals surface area contributed by atoms with Gasteiger partial charge in [0.2, 0.25) is 0 Å². The lowest BCUT2D eigenvalue weighted by Crippen LogP contribution is -1.97. The second kappa shape index (κ2) is 5.84. The van der Waals surface area contributed by atoms with Gasteiger partial charge in [0.15, 0.2) is 5.82 Å². The van der Waals surface area contributed by atoms with Gasteiger partial charge >= 0.3 is 0 Å². The van der Waals surface area contributed by atoms with Gasteiger partial charge in [-0.05, 0) is 19.1 Å². The lowest BCUT2D eigenvalue weighted by atomic mass is 10.1. The quantitative estimate of drug-likeness (QED) is 0.590. The summed E-state index contributed by atoms with van der Waals surface area (Å²) in [6, 6.07) is 17.4. The van der Waals surface area contributed by atoms with Crippen molar-refractivity contribution in [2.45, 2.75) is 6.92 Å². The van der Waals surface area contributed by atoms with Crippen LogP contribution >= 0.6 is 23.2 Å². The Morgan fingerprint density at radius 2 is 1.48 bits per heavy atom. The van der Waals surface area contributed by atoms with Gasteiger partial charge in [-0.2, -0.15) is 0 Å². The fourth-order valence-electron chi connectivity index (χ4n) is 2.13. The number of hydrogen-bond acceptors (Lipinski definition) is 2. The van der Waals surface area contributed by atoms with Crippen molar-refractivity contribution >= 4 is 23.2 Å². The van der Waals surface area contributed by atoms with Crippen LogP contribution in [0.4, 0.5) is 0 Å². The molecule has 21 heavy (non-hydrogen) atoms. The fraction of sp³-hybridized carbons (Fsp3) is 0.0588. The maximum absolute atomic E-state index is 6.28. The van der Waals surface area contributed by atoms with E-state index >= 15 is 0 Å². The van der Waals surface area contributed by atoms with Crippen LogP contribution in [0, 0.1) is 6.92 Å². The second-order valence-electron chi connectivity index (χ2n) is 4.66. The molecule has 0 aliphatic heterocycles. The molecule has 4 heteroatoms. The predicted octanol–water partition coefficient (Wildman–Crippen LogP) is 5.43. The lowest BCUT2D eigenvalue weighted by molar-refractivity contribution is 1.14. The first-order valence-corrected chi connectivity index (χ1v) is 7.27. The van der Waals surface area contributed by atoms with Crippen molar-refractivity contribution in [3.05, 3.63) is 70.3 Å². The average Bonchev–Trinajstić information content (AvgIpc) is 2.51. The van der Waals surface area contributed by atoms with E-state index in [0.29, 0.717) is 16.0 Å². The molecular weight excluding hydrogens is 303 g/mol. The van der Waals surface area contributed by atoms with Crippen LogP contribution < -0.4 is 0 Å². The third kappa shape index (κ3) is 2.78. The molecule has 0 saturated carbocycles. The van der Waals surface area contributed by atoms with Crippen molar-refractivity contribution in [1.29, 1.82) is 0 Å². The van der Waals surface area contributed by atoms with Crippen LogP contribution in [0.2, 0.25) is 10.2 Å². The third-order valence-corrected chi connectivity index (χ3v) is 3.95. The van der Waals surface area contributed by atoms with Crippen LogP contribution in [0.15, 0.2) is 54.6 Å². The van der Waals surface area contributed by atoms with Gasteiger partial charge in [0.1, 0.15) is 5.15 Å². The summed E-state index contributed by atoms with van der Waals surface area (Å²) in [6.07, 6.45) is 0. The van der Waals surface area contributed by atoms with Gasteiger partial charge in [0.25, 0.3) is 0 Å². The van der Waals surface area contributed by atoms with Crippen LogP contribution in [-0.2, 0) is 0 Å². The molecule has 3 rings (SSSR count). The van der Waals surface area contributed by atoms with Gasteiger partial charge in [0, 0.05) is 16.7 Å². The van der Waals surface area contributed by atoms with Crippen molar-refractivity contribution in [3.8, 4) is 22.6 Å². The normalized spacial score (nSPS) is 10.6. The van der Waals surface area contributed by atoms with Crippen LogP contribution in [-0.4, -0.2) is 9.97 Å². The molecule has 1 heterocycles. The Labute approximate surface area is 133 Å². The predicted molar refractivity (Wildman–Crippen MR) is 87.7 cm³/mol. The van der Waals surface area contributed by atoms with E-state index in [2.05, 4.69) is 9.97 Å². The summed E-state index contributed by atoms with van der Waals surface area (Å²) < 4.78 is 0. The van der Waals surface area contributed by atoms with E-state index in [9.17, 15) is 0 Å². The van der Waals surface area contributed by atoms with Crippen LogP contribution in [0.1, 0.15) is 5.56 Å². The molecule has 0 N–H and O–H groups in total. The number of nitrogens with zero attached hydrogens (tertiary/aromatic N) is 2. The minimum atomic E-state index is 0.443. The first kappa shape index (κ1) is 14.1. The summed E-state index contributed by atoms with van der Waals surface area (Å²) in [4.78, 5) is 9.01. The number of benzene rings is 2. The Kier molecular flexibility index (Phi) is 3.91. The van der Waals surface area contributed by atoms with E-state index in [4.69, 9.17) is 23.2 Å². The van der Waals surface area contributed by atoms with Gasteiger partial charge in [-0.3, -0.25) is 0 Å². The summed E-state index contributed by atoms with van der Waals surface area (Å²) in [6.45, 7) is 1.92. The highest BCUT2D eigenvalue weighted by Gasteiger charge is 2.13. The molecule has 0 aliphatic carbocycles. The van der Waals surface area contributed by atoms with Gasteiger partial charge in [-0.15, -0.1) is 0 Å². The maximum atomic E-state index is 6.28. The average molecular weight is 315 g/mol. The molecule has 104 valence electrons. The topological polar surface area (TPSA) is 25.8 Å². The van der Waals surface area contributed by atoms with Gasteiger partial charge in [0.05, 0.1) is 10.7 Å². The van der Waals surface area contributed by atoms with Crippen LogP contribution in [0.5, 0.6) is 0 Å². The Morgan fingerprint density at radius 1 is 0.810 bits per heavy atom. The lowest BCUT2D eigenvalue weighted by Gasteiger charge is -2.10. The van der Waals surface area contributed by atoms with Crippen LogP contribution in [0.3, 0.4) is 0 Å². The SMILES string of the molecule is Cc1c(Cl)nc(-c2ccccc2Cl)nc1-c1ccccc1. The van der Waals surface area contributed by atoms with Crippen molar-refractivity contribution < 1.29 is 0 Å². The minimum Gasteiger partial charge on any atom is -0.228 e. The first-order valence-electron chi connectivity index (χ1n) is 6.51. The van der Waals surface area contributed by atoms with E-state index in [1.54, 1.807) is 0 Å². The van der Waals surface area contributed by atoms with Crippen molar-refractivity contribution in [3.63, 3.8) is 0 Å². The van der Waals surface area contributed by atoms with Crippen molar-refractivity contribution in [2.24, 2.45) is 0 Å².